The molecule has 3 rings (SSSR count). The minimum absolute atomic E-state index is 0.0435. The average molecular weight is 575 g/mol. The van der Waals surface area contributed by atoms with E-state index in [4.69, 9.17) is 0 Å². The number of nitro benzene ring substituents is 1. The molecule has 0 unspecified atom stereocenters. The lowest BCUT2D eigenvalue weighted by molar-refractivity contribution is -0.384. The van der Waals surface area contributed by atoms with Crippen molar-refractivity contribution in [1.82, 2.24) is 4.90 Å². The van der Waals surface area contributed by atoms with Crippen molar-refractivity contribution in [2.75, 3.05) is 6.54 Å². The molecular formula is C35H46N2O5. The topological polar surface area (TPSA) is 101 Å². The fourth-order valence-electron chi connectivity index (χ4n) is 5.59. The molecular weight excluding hydrogens is 528 g/mol. The van der Waals surface area contributed by atoms with E-state index in [1.807, 2.05) is 30.3 Å². The lowest BCUT2D eigenvalue weighted by Gasteiger charge is -2.26. The van der Waals surface area contributed by atoms with Crippen LogP contribution in [0.2, 0.25) is 0 Å². The van der Waals surface area contributed by atoms with Crippen LogP contribution in [-0.4, -0.2) is 33.2 Å². The summed E-state index contributed by atoms with van der Waals surface area (Å²) >= 11 is 0. The third-order valence-corrected chi connectivity index (χ3v) is 7.95. The largest absolute Gasteiger partial charge is 0.503 e. The molecule has 2 aromatic rings. The standard InChI is InChI=1S/C35H46N2O5/c1-2-3-4-5-6-7-8-9-10-11-12-13-14-18-26-36-33(29-22-19-23-30(27-29)37(41)42)32(34(39)35(36)40)31(38)25-24-28-20-16-15-17-21-28/h15-17,19-25,27,33,39H,2-14,18,26H2,1H3/b25-24+/t33-/m1/s1. The molecule has 0 bridgehead atoms. The summed E-state index contributed by atoms with van der Waals surface area (Å²) in [6.07, 6.45) is 20.0. The Morgan fingerprint density at radius 2 is 1.43 bits per heavy atom. The van der Waals surface area contributed by atoms with Gasteiger partial charge >= 0.3 is 0 Å². The van der Waals surface area contributed by atoms with Crippen LogP contribution >= 0.6 is 0 Å². The van der Waals surface area contributed by atoms with Gasteiger partial charge in [0.1, 0.15) is 0 Å². The van der Waals surface area contributed by atoms with Gasteiger partial charge in [0.2, 0.25) is 0 Å². The summed E-state index contributed by atoms with van der Waals surface area (Å²) in [4.78, 5) is 38.9. The van der Waals surface area contributed by atoms with Crippen LogP contribution in [0.25, 0.3) is 6.08 Å². The normalized spacial score (nSPS) is 15.2. The van der Waals surface area contributed by atoms with Crippen LogP contribution in [0.15, 0.2) is 72.0 Å². The van der Waals surface area contributed by atoms with Gasteiger partial charge in [0, 0.05) is 18.7 Å². The number of non-ortho nitro benzene ring substituents is 1. The number of hydrogen-bond donors (Lipinski definition) is 1. The van der Waals surface area contributed by atoms with Crippen LogP contribution in [0, 0.1) is 10.1 Å². The number of unbranched alkanes of at least 4 members (excludes halogenated alkanes) is 13. The molecule has 7 heteroatoms. The number of aliphatic hydroxyl groups is 1. The minimum atomic E-state index is -0.882. The van der Waals surface area contributed by atoms with Crippen LogP contribution in [0.1, 0.15) is 114 Å². The molecule has 0 radical (unpaired) electrons. The van der Waals surface area contributed by atoms with Gasteiger partial charge in [-0.2, -0.15) is 0 Å². The molecule has 1 amide bonds. The summed E-state index contributed by atoms with van der Waals surface area (Å²) in [7, 11) is 0. The third kappa shape index (κ3) is 9.97. The van der Waals surface area contributed by atoms with E-state index in [1.165, 1.54) is 87.3 Å². The second-order valence-electron chi connectivity index (χ2n) is 11.2. The average Bonchev–Trinajstić information content (AvgIpc) is 3.25. The zero-order chi connectivity index (χ0) is 30.2. The van der Waals surface area contributed by atoms with Crippen molar-refractivity contribution in [2.24, 2.45) is 0 Å². The zero-order valence-electron chi connectivity index (χ0n) is 25.0. The van der Waals surface area contributed by atoms with Gasteiger partial charge in [0.05, 0.1) is 16.5 Å². The summed E-state index contributed by atoms with van der Waals surface area (Å²) in [6, 6.07) is 14.3. The monoisotopic (exact) mass is 574 g/mol. The summed E-state index contributed by atoms with van der Waals surface area (Å²) in [5, 5.41) is 22.3. The Bertz CT molecular complexity index is 1220. The van der Waals surface area contributed by atoms with E-state index in [0.717, 1.165) is 31.2 Å². The fraction of sp³-hybridized carbons (Fsp3) is 0.486. The highest BCUT2D eigenvalue weighted by Crippen LogP contribution is 2.39. The Morgan fingerprint density at radius 1 is 0.857 bits per heavy atom. The van der Waals surface area contributed by atoms with Gasteiger partial charge in [-0.1, -0.05) is 139 Å². The molecule has 1 atom stereocenters. The van der Waals surface area contributed by atoms with Gasteiger partial charge in [-0.3, -0.25) is 19.7 Å². The maximum absolute atomic E-state index is 13.3. The molecule has 226 valence electrons. The first-order chi connectivity index (χ1) is 20.4. The Balaban J connectivity index is 1.55. The number of carbonyl (C=O) groups excluding carboxylic acids is 2. The molecule has 0 aromatic heterocycles. The fourth-order valence-corrected chi connectivity index (χ4v) is 5.59. The first-order valence-electron chi connectivity index (χ1n) is 15.7. The molecule has 7 nitrogen and oxygen atoms in total. The van der Waals surface area contributed by atoms with Crippen LogP contribution in [0.5, 0.6) is 0 Å². The van der Waals surface area contributed by atoms with Crippen molar-refractivity contribution >= 4 is 23.5 Å². The first kappa shape index (κ1) is 32.8. The first-order valence-corrected chi connectivity index (χ1v) is 15.7. The molecule has 0 saturated heterocycles. The molecule has 2 aromatic carbocycles. The third-order valence-electron chi connectivity index (χ3n) is 7.95. The number of hydrogen-bond acceptors (Lipinski definition) is 5. The molecule has 0 fully saturated rings. The number of rotatable bonds is 20. The highest BCUT2D eigenvalue weighted by atomic mass is 16.6. The number of amides is 1. The zero-order valence-corrected chi connectivity index (χ0v) is 25.0. The van der Waals surface area contributed by atoms with Crippen molar-refractivity contribution in [1.29, 1.82) is 0 Å². The van der Waals surface area contributed by atoms with Crippen molar-refractivity contribution in [3.63, 3.8) is 0 Å². The molecule has 0 spiro atoms. The van der Waals surface area contributed by atoms with E-state index in [2.05, 4.69) is 6.92 Å². The summed E-state index contributed by atoms with van der Waals surface area (Å²) in [6.45, 7) is 2.60. The van der Waals surface area contributed by atoms with Crippen molar-refractivity contribution in [3.8, 4) is 0 Å². The van der Waals surface area contributed by atoms with E-state index in [-0.39, 0.29) is 11.3 Å². The van der Waals surface area contributed by atoms with Gasteiger partial charge in [-0.05, 0) is 23.6 Å². The summed E-state index contributed by atoms with van der Waals surface area (Å²) in [5.74, 6) is -1.69. The van der Waals surface area contributed by atoms with Crippen LogP contribution in [-0.2, 0) is 9.59 Å². The molecule has 1 heterocycles. The minimum Gasteiger partial charge on any atom is -0.503 e. The van der Waals surface area contributed by atoms with Gasteiger partial charge in [0.15, 0.2) is 11.5 Å². The molecule has 0 saturated carbocycles. The number of nitrogens with zero attached hydrogens (tertiary/aromatic N) is 2. The number of ketones is 1. The number of allylic oxidation sites excluding steroid dienone is 1. The number of nitro groups is 1. The number of carbonyl (C=O) groups is 2. The molecule has 1 N–H and O–H groups in total. The van der Waals surface area contributed by atoms with Crippen molar-refractivity contribution in [2.45, 2.75) is 103 Å². The predicted octanol–water partition coefficient (Wildman–Crippen LogP) is 9.05. The van der Waals surface area contributed by atoms with E-state index in [0.29, 0.717) is 12.1 Å². The van der Waals surface area contributed by atoms with Crippen LogP contribution in [0.4, 0.5) is 5.69 Å². The highest BCUT2D eigenvalue weighted by molar-refractivity contribution is 6.14. The predicted molar refractivity (Wildman–Crippen MR) is 168 cm³/mol. The number of benzene rings is 2. The highest BCUT2D eigenvalue weighted by Gasteiger charge is 2.42. The van der Waals surface area contributed by atoms with Gasteiger partial charge in [0.25, 0.3) is 11.6 Å². The van der Waals surface area contributed by atoms with E-state index in [1.54, 1.807) is 18.2 Å². The van der Waals surface area contributed by atoms with Gasteiger partial charge in [-0.25, -0.2) is 0 Å². The molecule has 42 heavy (non-hydrogen) atoms. The van der Waals surface area contributed by atoms with Gasteiger partial charge < -0.3 is 10.0 Å². The second-order valence-corrected chi connectivity index (χ2v) is 11.2. The van der Waals surface area contributed by atoms with Crippen molar-refractivity contribution in [3.05, 3.63) is 93.2 Å². The lowest BCUT2D eigenvalue weighted by atomic mass is 9.95. The smallest absolute Gasteiger partial charge is 0.290 e. The quantitative estimate of drug-likeness (QED) is 0.0736. The molecule has 1 aliphatic heterocycles. The Labute approximate surface area is 250 Å². The van der Waals surface area contributed by atoms with Crippen LogP contribution in [0.3, 0.4) is 0 Å². The van der Waals surface area contributed by atoms with E-state index >= 15 is 0 Å². The lowest BCUT2D eigenvalue weighted by Crippen LogP contribution is -2.32. The van der Waals surface area contributed by atoms with E-state index < -0.39 is 28.4 Å². The van der Waals surface area contributed by atoms with Gasteiger partial charge in [-0.15, -0.1) is 0 Å². The molecule has 0 aliphatic carbocycles. The van der Waals surface area contributed by atoms with Crippen LogP contribution < -0.4 is 0 Å². The number of aliphatic hydroxyl groups excluding tert-OH is 1. The Morgan fingerprint density at radius 3 is 2.00 bits per heavy atom. The summed E-state index contributed by atoms with van der Waals surface area (Å²) in [5.41, 5.74) is 1.07. The maximum atomic E-state index is 13.3. The maximum Gasteiger partial charge on any atom is 0.290 e. The molecule has 1 aliphatic rings. The Kier molecular flexibility index (Phi) is 14.0. The second kappa shape index (κ2) is 17.9. The SMILES string of the molecule is CCCCCCCCCCCCCCCCN1C(=O)C(O)=C(C(=O)/C=C/c2ccccc2)[C@H]1c1cccc([N+](=O)[O-])c1. The van der Waals surface area contributed by atoms with Crippen molar-refractivity contribution < 1.29 is 19.6 Å². The van der Waals surface area contributed by atoms with E-state index in [9.17, 15) is 24.8 Å². The Hall–Kier alpha value is -3.74. The summed E-state index contributed by atoms with van der Waals surface area (Å²) < 4.78 is 0.